The summed E-state index contributed by atoms with van der Waals surface area (Å²) in [7, 11) is 0. The molecule has 0 aliphatic rings. The Kier molecular flexibility index (Phi) is 2.86. The Bertz CT molecular complexity index is 278. The van der Waals surface area contributed by atoms with Gasteiger partial charge >= 0.3 is 0 Å². The van der Waals surface area contributed by atoms with Crippen molar-refractivity contribution >= 4 is 0 Å². The molecule has 1 rings (SSSR count). The summed E-state index contributed by atoms with van der Waals surface area (Å²) >= 11 is 0. The van der Waals surface area contributed by atoms with E-state index in [1.54, 1.807) is 12.1 Å². The molecule has 0 saturated carbocycles. The lowest BCUT2D eigenvalue weighted by Gasteiger charge is -2.11. The number of benzene rings is 1. The SMILES string of the molecule is CCOc1cccc(C(C)(F)F)c1. The summed E-state index contributed by atoms with van der Waals surface area (Å²) in [6, 6.07) is 5.99. The van der Waals surface area contributed by atoms with Crippen molar-refractivity contribution in [2.45, 2.75) is 19.8 Å². The van der Waals surface area contributed by atoms with Crippen molar-refractivity contribution in [1.82, 2.24) is 0 Å². The van der Waals surface area contributed by atoms with Gasteiger partial charge in [0.1, 0.15) is 5.75 Å². The average molecular weight is 186 g/mol. The lowest BCUT2D eigenvalue weighted by atomic mass is 10.1. The second kappa shape index (κ2) is 3.73. The largest absolute Gasteiger partial charge is 0.494 e. The number of ether oxygens (including phenoxy) is 1. The maximum Gasteiger partial charge on any atom is 0.270 e. The van der Waals surface area contributed by atoms with Gasteiger partial charge in [-0.2, -0.15) is 0 Å². The molecule has 0 aliphatic heterocycles. The average Bonchev–Trinajstić information content (AvgIpc) is 2.04. The Morgan fingerprint density at radius 3 is 2.62 bits per heavy atom. The van der Waals surface area contributed by atoms with Crippen LogP contribution in [0.1, 0.15) is 19.4 Å². The summed E-state index contributed by atoms with van der Waals surface area (Å²) in [6.45, 7) is 3.17. The molecule has 0 heterocycles. The summed E-state index contributed by atoms with van der Waals surface area (Å²) in [5, 5.41) is 0. The van der Waals surface area contributed by atoms with Crippen molar-refractivity contribution in [3.8, 4) is 5.75 Å². The van der Waals surface area contributed by atoms with Gasteiger partial charge in [0.15, 0.2) is 0 Å². The van der Waals surface area contributed by atoms with Crippen LogP contribution in [-0.4, -0.2) is 6.61 Å². The minimum Gasteiger partial charge on any atom is -0.494 e. The van der Waals surface area contributed by atoms with Crippen LogP contribution < -0.4 is 4.74 Å². The topological polar surface area (TPSA) is 9.23 Å². The van der Waals surface area contributed by atoms with Crippen molar-refractivity contribution in [1.29, 1.82) is 0 Å². The first kappa shape index (κ1) is 9.96. The molecule has 3 heteroatoms. The minimum absolute atomic E-state index is 0.0153. The molecule has 0 radical (unpaired) electrons. The molecule has 0 bridgehead atoms. The predicted molar refractivity (Wildman–Crippen MR) is 47.2 cm³/mol. The molecule has 0 atom stereocenters. The number of hydrogen-bond donors (Lipinski definition) is 0. The third kappa shape index (κ3) is 2.68. The molecule has 0 fully saturated rings. The molecular formula is C10H12F2O. The minimum atomic E-state index is -2.80. The van der Waals surface area contributed by atoms with E-state index in [4.69, 9.17) is 4.74 Å². The van der Waals surface area contributed by atoms with Gasteiger partial charge in [0.25, 0.3) is 5.92 Å². The van der Waals surface area contributed by atoms with E-state index in [1.165, 1.54) is 12.1 Å². The number of alkyl halides is 2. The maximum absolute atomic E-state index is 12.8. The zero-order valence-electron chi connectivity index (χ0n) is 7.68. The van der Waals surface area contributed by atoms with Gasteiger partial charge in [-0.1, -0.05) is 12.1 Å². The monoisotopic (exact) mass is 186 g/mol. The van der Waals surface area contributed by atoms with E-state index in [0.717, 1.165) is 6.92 Å². The lowest BCUT2D eigenvalue weighted by molar-refractivity contribution is 0.0172. The van der Waals surface area contributed by atoms with E-state index < -0.39 is 5.92 Å². The van der Waals surface area contributed by atoms with Crippen molar-refractivity contribution in [2.75, 3.05) is 6.61 Å². The maximum atomic E-state index is 12.8. The first-order valence-corrected chi connectivity index (χ1v) is 4.15. The zero-order chi connectivity index (χ0) is 9.90. The predicted octanol–water partition coefficient (Wildman–Crippen LogP) is 3.20. The Labute approximate surface area is 76.3 Å². The third-order valence-electron chi connectivity index (χ3n) is 1.65. The summed E-state index contributed by atoms with van der Waals surface area (Å²) < 4.78 is 30.7. The quantitative estimate of drug-likeness (QED) is 0.704. The fraction of sp³-hybridized carbons (Fsp3) is 0.400. The Morgan fingerprint density at radius 1 is 1.38 bits per heavy atom. The Hall–Kier alpha value is -1.12. The third-order valence-corrected chi connectivity index (χ3v) is 1.65. The van der Waals surface area contributed by atoms with Crippen LogP contribution >= 0.6 is 0 Å². The first-order valence-electron chi connectivity index (χ1n) is 4.15. The van der Waals surface area contributed by atoms with Gasteiger partial charge < -0.3 is 4.74 Å². The molecule has 1 nitrogen and oxygen atoms in total. The molecule has 0 aliphatic carbocycles. The van der Waals surface area contributed by atoms with E-state index in [1.807, 2.05) is 6.92 Å². The van der Waals surface area contributed by atoms with Gasteiger partial charge in [-0.3, -0.25) is 0 Å². The van der Waals surface area contributed by atoms with Crippen molar-refractivity contribution < 1.29 is 13.5 Å². The highest BCUT2D eigenvalue weighted by molar-refractivity contribution is 5.30. The van der Waals surface area contributed by atoms with E-state index in [-0.39, 0.29) is 5.56 Å². The molecular weight excluding hydrogens is 174 g/mol. The molecule has 0 aromatic heterocycles. The Balaban J connectivity index is 2.92. The summed E-state index contributed by atoms with van der Waals surface area (Å²) in [6.07, 6.45) is 0. The number of halogens is 2. The van der Waals surface area contributed by atoms with E-state index >= 15 is 0 Å². The number of hydrogen-bond acceptors (Lipinski definition) is 1. The molecule has 0 unspecified atom stereocenters. The lowest BCUT2D eigenvalue weighted by Crippen LogP contribution is -2.06. The standard InChI is InChI=1S/C10H12F2O/c1-3-13-9-6-4-5-8(7-9)10(2,11)12/h4-7H,3H2,1-2H3. The normalized spacial score (nSPS) is 11.4. The second-order valence-electron chi connectivity index (χ2n) is 2.85. The van der Waals surface area contributed by atoms with Crippen molar-refractivity contribution in [3.05, 3.63) is 29.8 Å². The molecule has 1 aromatic carbocycles. The molecule has 0 spiro atoms. The first-order chi connectivity index (χ1) is 6.04. The molecule has 0 N–H and O–H groups in total. The van der Waals surface area contributed by atoms with Crippen LogP contribution in [0.15, 0.2) is 24.3 Å². The van der Waals surface area contributed by atoms with Gasteiger partial charge in [-0.05, 0) is 19.1 Å². The molecule has 0 amide bonds. The van der Waals surface area contributed by atoms with Gasteiger partial charge in [-0.25, -0.2) is 8.78 Å². The summed E-state index contributed by atoms with van der Waals surface area (Å²) in [4.78, 5) is 0. The molecule has 1 aromatic rings. The van der Waals surface area contributed by atoms with Crippen LogP contribution in [0.2, 0.25) is 0 Å². The van der Waals surface area contributed by atoms with Crippen LogP contribution in [0.4, 0.5) is 8.78 Å². The van der Waals surface area contributed by atoms with Gasteiger partial charge in [0.2, 0.25) is 0 Å². The van der Waals surface area contributed by atoms with Gasteiger partial charge in [0, 0.05) is 12.5 Å². The number of rotatable bonds is 3. The smallest absolute Gasteiger partial charge is 0.270 e. The van der Waals surface area contributed by atoms with E-state index in [0.29, 0.717) is 12.4 Å². The van der Waals surface area contributed by atoms with Gasteiger partial charge in [-0.15, -0.1) is 0 Å². The zero-order valence-corrected chi connectivity index (χ0v) is 7.68. The van der Waals surface area contributed by atoms with Crippen molar-refractivity contribution in [3.63, 3.8) is 0 Å². The highest BCUT2D eigenvalue weighted by atomic mass is 19.3. The summed E-state index contributed by atoms with van der Waals surface area (Å²) in [5.74, 6) is -2.31. The molecule has 72 valence electrons. The van der Waals surface area contributed by atoms with Crippen molar-refractivity contribution in [2.24, 2.45) is 0 Å². The van der Waals surface area contributed by atoms with E-state index in [2.05, 4.69) is 0 Å². The highest BCUT2D eigenvalue weighted by Crippen LogP contribution is 2.29. The van der Waals surface area contributed by atoms with Crippen LogP contribution in [-0.2, 0) is 5.92 Å². The van der Waals surface area contributed by atoms with Crippen LogP contribution in [0.3, 0.4) is 0 Å². The summed E-state index contributed by atoms with van der Waals surface area (Å²) in [5.41, 5.74) is -0.0153. The van der Waals surface area contributed by atoms with Gasteiger partial charge in [0.05, 0.1) is 6.61 Å². The highest BCUT2D eigenvalue weighted by Gasteiger charge is 2.24. The fourth-order valence-electron chi connectivity index (χ4n) is 1.03. The van der Waals surface area contributed by atoms with Crippen LogP contribution in [0.25, 0.3) is 0 Å². The fourth-order valence-corrected chi connectivity index (χ4v) is 1.03. The van der Waals surface area contributed by atoms with Crippen LogP contribution in [0, 0.1) is 0 Å². The molecule has 0 saturated heterocycles. The second-order valence-corrected chi connectivity index (χ2v) is 2.85. The molecule has 13 heavy (non-hydrogen) atoms. The Morgan fingerprint density at radius 2 is 2.08 bits per heavy atom. The van der Waals surface area contributed by atoms with Crippen LogP contribution in [0.5, 0.6) is 5.75 Å². The van der Waals surface area contributed by atoms with E-state index in [9.17, 15) is 8.78 Å².